The van der Waals surface area contributed by atoms with Gasteiger partial charge in [0.2, 0.25) is 0 Å². The van der Waals surface area contributed by atoms with Crippen molar-refractivity contribution >= 4 is 0 Å². The Morgan fingerprint density at radius 3 is 1.89 bits per heavy atom. The minimum absolute atomic E-state index is 0.147. The maximum atomic E-state index is 10.9. The van der Waals surface area contributed by atoms with Gasteiger partial charge >= 0.3 is 0 Å². The third kappa shape index (κ3) is 3.23. The van der Waals surface area contributed by atoms with E-state index in [1.54, 1.807) is 0 Å². The molecule has 1 saturated carbocycles. The molecule has 0 aromatic heterocycles. The van der Waals surface area contributed by atoms with Gasteiger partial charge in [0.25, 0.3) is 0 Å². The van der Waals surface area contributed by atoms with Crippen molar-refractivity contribution in [1.29, 1.82) is 0 Å². The second kappa shape index (κ2) is 6.09. The van der Waals surface area contributed by atoms with Crippen LogP contribution in [-0.2, 0) is 20.3 Å². The molecule has 2 unspecified atom stereocenters. The molecule has 0 amide bonds. The average Bonchev–Trinajstić information content (AvgIpc) is 3.15. The molecule has 1 aromatic rings. The fourth-order valence-electron chi connectivity index (χ4n) is 5.09. The number of phenolic OH excluding ortho intramolecular Hbond substituents is 1. The molecule has 0 radical (unpaired) electrons. The lowest BCUT2D eigenvalue weighted by Gasteiger charge is -2.42. The summed E-state index contributed by atoms with van der Waals surface area (Å²) in [5.74, 6) is 1.73. The molecular formula is C24H34O3. The SMILES string of the molecule is CC(C)(C)c1cc(C2OCC3(CO2)CC2C=CC3C2)cc(C(C)(C)C)c1O. The van der Waals surface area contributed by atoms with E-state index in [0.29, 0.717) is 17.6 Å². The van der Waals surface area contributed by atoms with Gasteiger partial charge in [0.05, 0.1) is 13.2 Å². The smallest absolute Gasteiger partial charge is 0.183 e. The summed E-state index contributed by atoms with van der Waals surface area (Å²) in [5.41, 5.74) is 2.82. The van der Waals surface area contributed by atoms with E-state index in [-0.39, 0.29) is 22.5 Å². The largest absolute Gasteiger partial charge is 0.507 e. The van der Waals surface area contributed by atoms with Crippen LogP contribution in [0.5, 0.6) is 5.75 Å². The van der Waals surface area contributed by atoms with Crippen molar-refractivity contribution in [2.24, 2.45) is 17.3 Å². The molecule has 2 atom stereocenters. The van der Waals surface area contributed by atoms with Crippen LogP contribution in [0.1, 0.15) is 77.4 Å². The second-order valence-corrected chi connectivity index (χ2v) is 11.0. The van der Waals surface area contributed by atoms with Crippen LogP contribution in [0.2, 0.25) is 0 Å². The standard InChI is InChI=1S/C24H34O3/c1-22(2,3)18-10-16(11-19(20(18)25)23(4,5)6)21-26-13-24(14-27-21)12-15-7-8-17(24)9-15/h7-8,10-11,15,17,21,25H,9,12-14H2,1-6H3. The molecule has 148 valence electrons. The van der Waals surface area contributed by atoms with Gasteiger partial charge in [-0.3, -0.25) is 0 Å². The summed E-state index contributed by atoms with van der Waals surface area (Å²) < 4.78 is 12.6. The Kier molecular flexibility index (Phi) is 4.29. The maximum Gasteiger partial charge on any atom is 0.183 e. The maximum absolute atomic E-state index is 10.9. The minimum atomic E-state index is -0.346. The van der Waals surface area contributed by atoms with Crippen LogP contribution in [0.3, 0.4) is 0 Å². The summed E-state index contributed by atoms with van der Waals surface area (Å²) in [7, 11) is 0. The van der Waals surface area contributed by atoms with Crippen molar-refractivity contribution in [3.05, 3.63) is 41.0 Å². The number of phenols is 1. The van der Waals surface area contributed by atoms with Gasteiger partial charge < -0.3 is 14.6 Å². The first-order valence-corrected chi connectivity index (χ1v) is 10.3. The van der Waals surface area contributed by atoms with Crippen molar-refractivity contribution in [3.63, 3.8) is 0 Å². The molecule has 3 nitrogen and oxygen atoms in total. The topological polar surface area (TPSA) is 38.7 Å². The normalized spacial score (nSPS) is 33.2. The number of hydrogen-bond donors (Lipinski definition) is 1. The van der Waals surface area contributed by atoms with Gasteiger partial charge in [-0.1, -0.05) is 53.7 Å². The molecule has 4 rings (SSSR count). The first-order valence-electron chi connectivity index (χ1n) is 10.3. The molecule has 27 heavy (non-hydrogen) atoms. The van der Waals surface area contributed by atoms with E-state index < -0.39 is 0 Å². The second-order valence-electron chi connectivity index (χ2n) is 11.0. The van der Waals surface area contributed by atoms with Crippen molar-refractivity contribution in [2.75, 3.05) is 13.2 Å². The van der Waals surface area contributed by atoms with Crippen LogP contribution in [-0.4, -0.2) is 18.3 Å². The van der Waals surface area contributed by atoms with Crippen LogP contribution in [0.4, 0.5) is 0 Å². The summed E-state index contributed by atoms with van der Waals surface area (Å²) in [5, 5.41) is 10.9. The Balaban J connectivity index is 1.63. The number of benzene rings is 1. The number of rotatable bonds is 1. The zero-order valence-electron chi connectivity index (χ0n) is 17.6. The first-order chi connectivity index (χ1) is 12.5. The summed E-state index contributed by atoms with van der Waals surface area (Å²) in [6.07, 6.45) is 6.85. The number of aromatic hydroxyl groups is 1. The van der Waals surface area contributed by atoms with Gasteiger partial charge in [0, 0.05) is 11.0 Å². The molecule has 1 spiro atoms. The third-order valence-corrected chi connectivity index (χ3v) is 6.69. The third-order valence-electron chi connectivity index (χ3n) is 6.69. The number of hydrogen-bond acceptors (Lipinski definition) is 3. The Hall–Kier alpha value is -1.32. The molecule has 2 aliphatic carbocycles. The lowest BCUT2D eigenvalue weighted by Crippen LogP contribution is -2.41. The predicted molar refractivity (Wildman–Crippen MR) is 108 cm³/mol. The van der Waals surface area contributed by atoms with Crippen LogP contribution < -0.4 is 0 Å². The van der Waals surface area contributed by atoms with E-state index in [9.17, 15) is 5.11 Å². The van der Waals surface area contributed by atoms with Gasteiger partial charge in [-0.2, -0.15) is 0 Å². The van der Waals surface area contributed by atoms with Gasteiger partial charge in [-0.15, -0.1) is 0 Å². The van der Waals surface area contributed by atoms with E-state index in [4.69, 9.17) is 9.47 Å². The number of fused-ring (bicyclic) bond motifs is 3. The quantitative estimate of drug-likeness (QED) is 0.653. The molecular weight excluding hydrogens is 336 g/mol. The lowest BCUT2D eigenvalue weighted by molar-refractivity contribution is -0.239. The summed E-state index contributed by atoms with van der Waals surface area (Å²) in [6, 6.07) is 4.15. The van der Waals surface area contributed by atoms with Crippen molar-refractivity contribution in [1.82, 2.24) is 0 Å². The van der Waals surface area contributed by atoms with Crippen LogP contribution >= 0.6 is 0 Å². The number of ether oxygens (including phenoxy) is 2. The molecule has 1 aromatic carbocycles. The zero-order chi connectivity index (χ0) is 19.6. The molecule has 1 aliphatic heterocycles. The Bertz CT molecular complexity index is 720. The summed E-state index contributed by atoms with van der Waals surface area (Å²) >= 11 is 0. The highest BCUT2D eigenvalue weighted by Crippen LogP contribution is 2.55. The predicted octanol–water partition coefficient (Wildman–Crippen LogP) is 5.62. The van der Waals surface area contributed by atoms with Crippen LogP contribution in [0, 0.1) is 17.3 Å². The Morgan fingerprint density at radius 1 is 0.926 bits per heavy atom. The van der Waals surface area contributed by atoms with E-state index in [2.05, 4.69) is 65.8 Å². The van der Waals surface area contributed by atoms with E-state index in [0.717, 1.165) is 29.9 Å². The lowest BCUT2D eigenvalue weighted by atomic mass is 9.76. The highest BCUT2D eigenvalue weighted by atomic mass is 16.7. The van der Waals surface area contributed by atoms with E-state index in [1.807, 2.05) is 0 Å². The minimum Gasteiger partial charge on any atom is -0.507 e. The molecule has 1 saturated heterocycles. The monoisotopic (exact) mass is 370 g/mol. The van der Waals surface area contributed by atoms with E-state index >= 15 is 0 Å². The van der Waals surface area contributed by atoms with E-state index in [1.165, 1.54) is 12.8 Å². The summed E-state index contributed by atoms with van der Waals surface area (Å²) in [4.78, 5) is 0. The molecule has 1 heterocycles. The highest BCUT2D eigenvalue weighted by molar-refractivity contribution is 5.50. The van der Waals surface area contributed by atoms with Gasteiger partial charge in [-0.25, -0.2) is 0 Å². The van der Waals surface area contributed by atoms with Gasteiger partial charge in [0.1, 0.15) is 5.75 Å². The Morgan fingerprint density at radius 2 is 1.48 bits per heavy atom. The van der Waals surface area contributed by atoms with Crippen LogP contribution in [0.15, 0.2) is 24.3 Å². The average molecular weight is 371 g/mol. The van der Waals surface area contributed by atoms with Crippen molar-refractivity contribution in [3.8, 4) is 5.75 Å². The van der Waals surface area contributed by atoms with Gasteiger partial charge in [0.15, 0.2) is 6.29 Å². The number of allylic oxidation sites excluding steroid dienone is 2. The molecule has 2 bridgehead atoms. The molecule has 2 fully saturated rings. The zero-order valence-corrected chi connectivity index (χ0v) is 17.6. The highest BCUT2D eigenvalue weighted by Gasteiger charge is 2.51. The van der Waals surface area contributed by atoms with Crippen molar-refractivity contribution in [2.45, 2.75) is 71.5 Å². The van der Waals surface area contributed by atoms with Crippen molar-refractivity contribution < 1.29 is 14.6 Å². The first kappa shape index (κ1) is 19.0. The van der Waals surface area contributed by atoms with Crippen LogP contribution in [0.25, 0.3) is 0 Å². The Labute approximate surface area is 163 Å². The fourth-order valence-corrected chi connectivity index (χ4v) is 5.09. The molecule has 3 aliphatic rings. The summed E-state index contributed by atoms with van der Waals surface area (Å²) in [6.45, 7) is 14.3. The molecule has 1 N–H and O–H groups in total. The molecule has 3 heteroatoms. The fraction of sp³-hybridized carbons (Fsp3) is 0.667. The van der Waals surface area contributed by atoms with Gasteiger partial charge in [-0.05, 0) is 58.8 Å².